The number of oxazole rings is 1. The van der Waals surface area contributed by atoms with Gasteiger partial charge in [-0.05, 0) is 47.6 Å². The molecule has 3 amide bonds. The molecule has 1 aliphatic carbocycles. The average molecular weight is 727 g/mol. The number of halogens is 1. The number of Topliss-reactive ketones (excluding diaryl/α,β-unsaturated/α-hetero) is 1. The van der Waals surface area contributed by atoms with Gasteiger partial charge in [-0.2, -0.15) is 4.72 Å². The number of carbonyl (C=O) groups excluding carboxylic acids is 4. The molecule has 0 spiro atoms. The first kappa shape index (κ1) is 37.2. The summed E-state index contributed by atoms with van der Waals surface area (Å²) in [5.41, 5.74) is 5.86. The molecular weight excluding hydrogens is 684 g/mol. The zero-order valence-corrected chi connectivity index (χ0v) is 29.9. The summed E-state index contributed by atoms with van der Waals surface area (Å²) in [4.78, 5) is 60.2. The maximum atomic E-state index is 14.3. The van der Waals surface area contributed by atoms with Gasteiger partial charge >= 0.3 is 0 Å². The number of carbonyl (C=O) groups is 4. The number of piperazine rings is 1. The lowest BCUT2D eigenvalue weighted by atomic mass is 9.80. The number of primary amides is 1. The number of ketones is 1. The standard InChI is InChI=1S/C35H43ClN6O7S/c1-35(2,3)31(40-50(47,48)26-9-5-8-24(17-26)29-18-38-21-49-29)34(46)42-15-14-41(19-23-10-12-25(36)13-11-23)28(20-42)33(45)39-27(30(43)32(37)44)16-22-6-4-7-22/h5,8-13,17-18,21-22,27-28,31,40H,4,6-7,14-16,19-20H2,1-3H3,(H2,37,44)(H,39,45)/t27?,28-,31-/m1/s1. The second-order valence-electron chi connectivity index (χ2n) is 14.0. The molecular formula is C35H43ClN6O7S. The summed E-state index contributed by atoms with van der Waals surface area (Å²) in [6.07, 6.45) is 5.80. The smallest absolute Gasteiger partial charge is 0.287 e. The first-order valence-electron chi connectivity index (χ1n) is 16.5. The van der Waals surface area contributed by atoms with E-state index in [1.165, 1.54) is 29.6 Å². The Kier molecular flexibility index (Phi) is 11.5. The summed E-state index contributed by atoms with van der Waals surface area (Å²) in [5.74, 6) is -2.45. The van der Waals surface area contributed by atoms with Crippen LogP contribution in [-0.4, -0.2) is 84.5 Å². The molecule has 2 aliphatic rings. The van der Waals surface area contributed by atoms with Gasteiger partial charge in [0.1, 0.15) is 12.1 Å². The van der Waals surface area contributed by atoms with E-state index in [9.17, 15) is 27.6 Å². The van der Waals surface area contributed by atoms with Crippen LogP contribution < -0.4 is 15.8 Å². The van der Waals surface area contributed by atoms with Crippen LogP contribution in [0.5, 0.6) is 0 Å². The van der Waals surface area contributed by atoms with Gasteiger partial charge in [-0.3, -0.25) is 24.1 Å². The zero-order valence-electron chi connectivity index (χ0n) is 28.3. The van der Waals surface area contributed by atoms with E-state index in [-0.39, 0.29) is 30.4 Å². The van der Waals surface area contributed by atoms with Gasteiger partial charge in [-0.1, -0.05) is 75.9 Å². The molecule has 1 saturated carbocycles. The van der Waals surface area contributed by atoms with E-state index in [1.54, 1.807) is 45.0 Å². The molecule has 13 nitrogen and oxygen atoms in total. The second kappa shape index (κ2) is 15.4. The monoisotopic (exact) mass is 726 g/mol. The third kappa shape index (κ3) is 8.97. The first-order valence-corrected chi connectivity index (χ1v) is 18.4. The normalized spacial score (nSPS) is 18.6. The lowest BCUT2D eigenvalue weighted by Gasteiger charge is -2.43. The van der Waals surface area contributed by atoms with Crippen LogP contribution in [0.15, 0.2) is 70.4 Å². The van der Waals surface area contributed by atoms with E-state index in [0.717, 1.165) is 24.8 Å². The molecule has 5 rings (SSSR count). The average Bonchev–Trinajstić information content (AvgIpc) is 3.60. The van der Waals surface area contributed by atoms with Crippen molar-refractivity contribution < 1.29 is 32.0 Å². The van der Waals surface area contributed by atoms with Crippen LogP contribution in [0.2, 0.25) is 5.02 Å². The van der Waals surface area contributed by atoms with Crippen molar-refractivity contribution in [1.82, 2.24) is 24.8 Å². The number of nitrogens with one attached hydrogen (secondary N) is 2. The highest BCUT2D eigenvalue weighted by Crippen LogP contribution is 2.31. The predicted octanol–water partition coefficient (Wildman–Crippen LogP) is 3.13. The largest absolute Gasteiger partial charge is 0.444 e. The summed E-state index contributed by atoms with van der Waals surface area (Å²) < 4.78 is 35.4. The minimum atomic E-state index is -4.21. The molecule has 15 heteroatoms. The van der Waals surface area contributed by atoms with Crippen LogP contribution >= 0.6 is 11.6 Å². The van der Waals surface area contributed by atoms with Crippen molar-refractivity contribution in [3.05, 3.63) is 71.7 Å². The number of aromatic nitrogens is 1. The van der Waals surface area contributed by atoms with Crippen LogP contribution in [0.1, 0.15) is 52.0 Å². The molecule has 2 fully saturated rings. The number of rotatable bonds is 13. The van der Waals surface area contributed by atoms with E-state index in [2.05, 4.69) is 15.0 Å². The highest BCUT2D eigenvalue weighted by atomic mass is 35.5. The zero-order chi connectivity index (χ0) is 36.2. The lowest BCUT2D eigenvalue weighted by molar-refractivity contribution is -0.143. The number of nitrogens with two attached hydrogens (primary N) is 1. The fourth-order valence-electron chi connectivity index (χ4n) is 6.19. The molecule has 1 unspecified atom stereocenters. The molecule has 0 bridgehead atoms. The van der Waals surface area contributed by atoms with Gasteiger partial charge in [0.25, 0.3) is 5.91 Å². The molecule has 2 heterocycles. The van der Waals surface area contributed by atoms with Crippen LogP contribution in [0, 0.1) is 11.3 Å². The maximum Gasteiger partial charge on any atom is 0.287 e. The maximum absolute atomic E-state index is 14.3. The molecule has 0 radical (unpaired) electrons. The van der Waals surface area contributed by atoms with E-state index < -0.39 is 57.1 Å². The van der Waals surface area contributed by atoms with Crippen LogP contribution in [0.25, 0.3) is 11.3 Å². The number of hydrogen-bond acceptors (Lipinski definition) is 9. The molecule has 3 atom stereocenters. The van der Waals surface area contributed by atoms with Crippen molar-refractivity contribution in [2.24, 2.45) is 17.1 Å². The highest BCUT2D eigenvalue weighted by molar-refractivity contribution is 7.89. The molecule has 50 heavy (non-hydrogen) atoms. The van der Waals surface area contributed by atoms with Gasteiger partial charge in [0, 0.05) is 36.8 Å². The Morgan fingerprint density at radius 1 is 1.08 bits per heavy atom. The van der Waals surface area contributed by atoms with Gasteiger partial charge in [0.2, 0.25) is 27.6 Å². The van der Waals surface area contributed by atoms with Gasteiger partial charge < -0.3 is 20.4 Å². The molecule has 1 saturated heterocycles. The number of amides is 3. The number of hydrogen-bond donors (Lipinski definition) is 3. The van der Waals surface area contributed by atoms with Crippen molar-refractivity contribution in [3.63, 3.8) is 0 Å². The Morgan fingerprint density at radius 2 is 1.80 bits per heavy atom. The molecule has 268 valence electrons. The summed E-state index contributed by atoms with van der Waals surface area (Å²) in [7, 11) is -4.21. The van der Waals surface area contributed by atoms with Crippen molar-refractivity contribution in [1.29, 1.82) is 0 Å². The minimum absolute atomic E-state index is 0.0601. The van der Waals surface area contributed by atoms with Gasteiger partial charge in [-0.25, -0.2) is 13.4 Å². The topological polar surface area (TPSA) is 185 Å². The minimum Gasteiger partial charge on any atom is -0.444 e. The third-order valence-corrected chi connectivity index (χ3v) is 11.0. The van der Waals surface area contributed by atoms with E-state index in [0.29, 0.717) is 29.3 Å². The van der Waals surface area contributed by atoms with Crippen molar-refractivity contribution in [2.45, 2.75) is 76.0 Å². The number of sulfonamides is 1. The predicted molar refractivity (Wildman–Crippen MR) is 186 cm³/mol. The Balaban J connectivity index is 1.39. The van der Waals surface area contributed by atoms with Crippen molar-refractivity contribution in [2.75, 3.05) is 19.6 Å². The van der Waals surface area contributed by atoms with Crippen LogP contribution in [0.3, 0.4) is 0 Å². The first-order chi connectivity index (χ1) is 23.6. The molecule has 2 aromatic carbocycles. The summed E-state index contributed by atoms with van der Waals surface area (Å²) in [6, 6.07) is 10.1. The Hall–Kier alpha value is -4.11. The van der Waals surface area contributed by atoms with E-state index >= 15 is 0 Å². The van der Waals surface area contributed by atoms with Crippen LogP contribution in [0.4, 0.5) is 0 Å². The van der Waals surface area contributed by atoms with Gasteiger partial charge in [-0.15, -0.1) is 0 Å². The fraction of sp³-hybridized carbons (Fsp3) is 0.457. The lowest BCUT2D eigenvalue weighted by Crippen LogP contribution is -2.64. The molecule has 1 aliphatic heterocycles. The number of nitrogens with zero attached hydrogens (tertiary/aromatic N) is 3. The Bertz CT molecular complexity index is 1810. The fourth-order valence-corrected chi connectivity index (χ4v) is 7.76. The highest BCUT2D eigenvalue weighted by Gasteiger charge is 2.42. The third-order valence-electron chi connectivity index (χ3n) is 9.32. The van der Waals surface area contributed by atoms with Crippen molar-refractivity contribution in [3.8, 4) is 11.3 Å². The van der Waals surface area contributed by atoms with Crippen molar-refractivity contribution >= 4 is 45.1 Å². The van der Waals surface area contributed by atoms with Crippen LogP contribution in [-0.2, 0) is 35.7 Å². The van der Waals surface area contributed by atoms with E-state index in [1.807, 2.05) is 17.0 Å². The quantitative estimate of drug-likeness (QED) is 0.223. The molecule has 1 aromatic heterocycles. The SMILES string of the molecule is CC(C)(C)[C@H](NS(=O)(=O)c1cccc(-c2cnco2)c1)C(=O)N1CCN(Cc2ccc(Cl)cc2)[C@@H](C(=O)NC(CC2CCC2)C(=O)C(N)=O)C1. The second-order valence-corrected chi connectivity index (χ2v) is 16.2. The molecule has 3 aromatic rings. The summed E-state index contributed by atoms with van der Waals surface area (Å²) >= 11 is 6.09. The Morgan fingerprint density at radius 3 is 2.40 bits per heavy atom. The summed E-state index contributed by atoms with van der Waals surface area (Å²) in [6.45, 7) is 5.99. The van der Waals surface area contributed by atoms with Gasteiger partial charge in [0.15, 0.2) is 12.2 Å². The summed E-state index contributed by atoms with van der Waals surface area (Å²) in [5, 5.41) is 3.33. The van der Waals surface area contributed by atoms with Gasteiger partial charge in [0.05, 0.1) is 17.1 Å². The number of benzene rings is 2. The van der Waals surface area contributed by atoms with E-state index in [4.69, 9.17) is 21.8 Å². The molecule has 4 N–H and O–H groups in total. The Labute approximate surface area is 297 Å².